The molecule has 106 valence electrons. The molecule has 4 N–H and O–H groups in total. The average Bonchev–Trinajstić information content (AvgIpc) is 2.34. The van der Waals surface area contributed by atoms with Gasteiger partial charge in [0.25, 0.3) is 5.91 Å². The van der Waals surface area contributed by atoms with Crippen molar-refractivity contribution in [2.45, 2.75) is 26.3 Å². The third-order valence-corrected chi connectivity index (χ3v) is 3.21. The zero-order valence-corrected chi connectivity index (χ0v) is 11.6. The summed E-state index contributed by atoms with van der Waals surface area (Å²) in [5.74, 6) is -0.206. The van der Waals surface area contributed by atoms with Crippen molar-refractivity contribution in [2.75, 3.05) is 13.6 Å². The van der Waals surface area contributed by atoms with Gasteiger partial charge in [-0.15, -0.1) is 0 Å². The molecule has 1 aromatic rings. The molecular formula is C14H22N2O3. The van der Waals surface area contributed by atoms with E-state index in [9.17, 15) is 15.0 Å². The second-order valence-corrected chi connectivity index (χ2v) is 5.12. The van der Waals surface area contributed by atoms with Gasteiger partial charge in [0.15, 0.2) is 0 Å². The number of nitrogens with zero attached hydrogens (tertiary/aromatic N) is 1. The minimum Gasteiger partial charge on any atom is -0.508 e. The number of phenolic OH excluding ortho intramolecular Hbond substituents is 2. The molecule has 0 heterocycles. The quantitative estimate of drug-likeness (QED) is 0.754. The van der Waals surface area contributed by atoms with Gasteiger partial charge in [-0.05, 0) is 24.5 Å². The van der Waals surface area contributed by atoms with E-state index in [1.54, 1.807) is 7.05 Å². The average molecular weight is 266 g/mol. The fraction of sp³-hybridized carbons (Fsp3) is 0.500. The molecule has 1 amide bonds. The van der Waals surface area contributed by atoms with Crippen LogP contribution < -0.4 is 5.73 Å². The number of benzene rings is 1. The van der Waals surface area contributed by atoms with Gasteiger partial charge in [-0.2, -0.15) is 0 Å². The van der Waals surface area contributed by atoms with E-state index in [1.165, 1.54) is 17.0 Å². The van der Waals surface area contributed by atoms with Crippen LogP contribution in [-0.2, 0) is 0 Å². The highest BCUT2D eigenvalue weighted by molar-refractivity contribution is 5.96. The maximum absolute atomic E-state index is 12.1. The van der Waals surface area contributed by atoms with Crippen molar-refractivity contribution in [1.29, 1.82) is 0 Å². The van der Waals surface area contributed by atoms with E-state index >= 15 is 0 Å². The van der Waals surface area contributed by atoms with Crippen molar-refractivity contribution in [2.24, 2.45) is 11.7 Å². The summed E-state index contributed by atoms with van der Waals surface area (Å²) < 4.78 is 0. The summed E-state index contributed by atoms with van der Waals surface area (Å²) in [4.78, 5) is 13.6. The van der Waals surface area contributed by atoms with Crippen molar-refractivity contribution in [3.63, 3.8) is 0 Å². The van der Waals surface area contributed by atoms with Gasteiger partial charge in [-0.3, -0.25) is 4.79 Å². The zero-order valence-electron chi connectivity index (χ0n) is 11.6. The van der Waals surface area contributed by atoms with Crippen LogP contribution in [0.1, 0.15) is 30.6 Å². The summed E-state index contributed by atoms with van der Waals surface area (Å²) in [5, 5.41) is 18.8. The molecule has 0 aliphatic rings. The minimum atomic E-state index is -0.284. The number of phenols is 2. The van der Waals surface area contributed by atoms with Crippen LogP contribution in [0.2, 0.25) is 0 Å². The third kappa shape index (κ3) is 4.13. The molecule has 1 atom stereocenters. The fourth-order valence-corrected chi connectivity index (χ4v) is 1.68. The smallest absolute Gasteiger partial charge is 0.257 e. The van der Waals surface area contributed by atoms with Crippen LogP contribution in [0.25, 0.3) is 0 Å². The molecule has 0 saturated heterocycles. The van der Waals surface area contributed by atoms with E-state index in [1.807, 2.05) is 13.8 Å². The summed E-state index contributed by atoms with van der Waals surface area (Å²) in [6, 6.07) is 3.98. The lowest BCUT2D eigenvalue weighted by atomic mass is 10.0. The third-order valence-electron chi connectivity index (χ3n) is 3.21. The van der Waals surface area contributed by atoms with Crippen molar-refractivity contribution in [3.8, 4) is 11.5 Å². The summed E-state index contributed by atoms with van der Waals surface area (Å²) >= 11 is 0. The van der Waals surface area contributed by atoms with Crippen molar-refractivity contribution in [1.82, 2.24) is 4.90 Å². The summed E-state index contributed by atoms with van der Waals surface area (Å²) in [5.41, 5.74) is 6.11. The number of nitrogens with two attached hydrogens (primary N) is 1. The number of aromatic hydroxyl groups is 2. The molecule has 0 aliphatic heterocycles. The summed E-state index contributed by atoms with van der Waals surface area (Å²) in [7, 11) is 1.67. The first kappa shape index (κ1) is 15.3. The highest BCUT2D eigenvalue weighted by Crippen LogP contribution is 2.23. The Hall–Kier alpha value is -1.75. The van der Waals surface area contributed by atoms with Gasteiger partial charge < -0.3 is 20.8 Å². The Morgan fingerprint density at radius 3 is 2.53 bits per heavy atom. The number of amides is 1. The van der Waals surface area contributed by atoms with Crippen molar-refractivity contribution in [3.05, 3.63) is 23.8 Å². The molecule has 0 saturated carbocycles. The van der Waals surface area contributed by atoms with Crippen LogP contribution in [0, 0.1) is 5.92 Å². The summed E-state index contributed by atoms with van der Waals surface area (Å²) in [6.07, 6.45) is 0.707. The molecule has 19 heavy (non-hydrogen) atoms. The van der Waals surface area contributed by atoms with E-state index in [0.717, 1.165) is 6.07 Å². The van der Waals surface area contributed by atoms with E-state index in [-0.39, 0.29) is 29.0 Å². The minimum absolute atomic E-state index is 0.0451. The Labute approximate surface area is 113 Å². The normalized spacial score (nSPS) is 12.5. The lowest BCUT2D eigenvalue weighted by Gasteiger charge is -2.22. The van der Waals surface area contributed by atoms with Gasteiger partial charge in [-0.1, -0.05) is 13.8 Å². The van der Waals surface area contributed by atoms with Crippen LogP contribution in [0.4, 0.5) is 0 Å². The molecule has 1 unspecified atom stereocenters. The van der Waals surface area contributed by atoms with Crippen LogP contribution in [0.15, 0.2) is 18.2 Å². The zero-order chi connectivity index (χ0) is 14.6. The van der Waals surface area contributed by atoms with Gasteiger partial charge in [0, 0.05) is 25.7 Å². The maximum Gasteiger partial charge on any atom is 0.257 e. The topological polar surface area (TPSA) is 86.8 Å². The molecule has 0 spiro atoms. The van der Waals surface area contributed by atoms with E-state index in [0.29, 0.717) is 18.9 Å². The van der Waals surface area contributed by atoms with Crippen LogP contribution in [-0.4, -0.2) is 40.7 Å². The van der Waals surface area contributed by atoms with Gasteiger partial charge in [-0.25, -0.2) is 0 Å². The van der Waals surface area contributed by atoms with Gasteiger partial charge in [0.05, 0.1) is 5.56 Å². The fourth-order valence-electron chi connectivity index (χ4n) is 1.68. The number of hydrogen-bond acceptors (Lipinski definition) is 4. The lowest BCUT2D eigenvalue weighted by molar-refractivity contribution is 0.0786. The van der Waals surface area contributed by atoms with E-state index < -0.39 is 0 Å². The molecule has 5 nitrogen and oxygen atoms in total. The Bertz CT molecular complexity index is 446. The maximum atomic E-state index is 12.1. The number of hydrogen-bond donors (Lipinski definition) is 3. The molecule has 0 radical (unpaired) electrons. The number of carbonyl (C=O) groups is 1. The summed E-state index contributed by atoms with van der Waals surface area (Å²) in [6.45, 7) is 4.61. The molecule has 1 aromatic carbocycles. The highest BCUT2D eigenvalue weighted by atomic mass is 16.3. The predicted octanol–water partition coefficient (Wildman–Crippen LogP) is 1.54. The number of carbonyl (C=O) groups excluding carboxylic acids is 1. The predicted molar refractivity (Wildman–Crippen MR) is 74.2 cm³/mol. The Kier molecular flexibility index (Phi) is 5.18. The van der Waals surface area contributed by atoms with E-state index in [4.69, 9.17) is 5.73 Å². The molecular weight excluding hydrogens is 244 g/mol. The molecule has 0 bridgehead atoms. The first-order valence-electron chi connectivity index (χ1n) is 6.36. The van der Waals surface area contributed by atoms with Crippen molar-refractivity contribution < 1.29 is 15.0 Å². The van der Waals surface area contributed by atoms with Gasteiger partial charge >= 0.3 is 0 Å². The van der Waals surface area contributed by atoms with Crippen LogP contribution >= 0.6 is 0 Å². The van der Waals surface area contributed by atoms with Gasteiger partial charge in [0.1, 0.15) is 11.5 Å². The standard InChI is InChI=1S/C14H22N2O3/c1-9(2)12(15)6-7-16(3)14(19)11-5-4-10(17)8-13(11)18/h4-5,8-9,12,17-18H,6-7,15H2,1-3H3. The monoisotopic (exact) mass is 266 g/mol. The van der Waals surface area contributed by atoms with Crippen LogP contribution in [0.5, 0.6) is 11.5 Å². The second kappa shape index (κ2) is 6.43. The first-order valence-corrected chi connectivity index (χ1v) is 6.36. The molecule has 0 aromatic heterocycles. The largest absolute Gasteiger partial charge is 0.508 e. The van der Waals surface area contributed by atoms with Crippen LogP contribution in [0.3, 0.4) is 0 Å². The Morgan fingerprint density at radius 1 is 1.37 bits per heavy atom. The van der Waals surface area contributed by atoms with Gasteiger partial charge in [0.2, 0.25) is 0 Å². The first-order chi connectivity index (χ1) is 8.82. The number of rotatable bonds is 5. The molecule has 1 rings (SSSR count). The molecule has 5 heteroatoms. The molecule has 0 fully saturated rings. The SMILES string of the molecule is CC(C)C(N)CCN(C)C(=O)c1ccc(O)cc1O. The second-order valence-electron chi connectivity index (χ2n) is 5.12. The molecule has 0 aliphatic carbocycles. The highest BCUT2D eigenvalue weighted by Gasteiger charge is 2.17. The lowest BCUT2D eigenvalue weighted by Crippen LogP contribution is -2.34. The van der Waals surface area contributed by atoms with E-state index in [2.05, 4.69) is 0 Å². The Balaban J connectivity index is 2.66. The Morgan fingerprint density at radius 2 is 2.00 bits per heavy atom. The van der Waals surface area contributed by atoms with Crippen molar-refractivity contribution >= 4 is 5.91 Å².